The molecule has 0 unspecified atom stereocenters. The second-order valence-electron chi connectivity index (χ2n) is 1.71. The summed E-state index contributed by atoms with van der Waals surface area (Å²) >= 11 is 4.90. The standard InChI is InChI=1S/C6H3BrSe2/c7-5-3-9-6-4(5)1-2-8-6/h1-3H. The van der Waals surface area contributed by atoms with Gasteiger partial charge >= 0.3 is 73.9 Å². The van der Waals surface area contributed by atoms with Crippen molar-refractivity contribution in [3.8, 4) is 0 Å². The third-order valence-corrected chi connectivity index (χ3v) is 7.73. The molecule has 0 nitrogen and oxygen atoms in total. The van der Waals surface area contributed by atoms with Gasteiger partial charge in [-0.15, -0.1) is 0 Å². The van der Waals surface area contributed by atoms with E-state index in [4.69, 9.17) is 0 Å². The summed E-state index contributed by atoms with van der Waals surface area (Å²) in [6.07, 6.45) is 0. The molecule has 0 fully saturated rings. The third-order valence-electron chi connectivity index (χ3n) is 1.16. The Labute approximate surface area is 73.5 Å². The summed E-state index contributed by atoms with van der Waals surface area (Å²) in [4.78, 5) is 4.61. The predicted octanol–water partition coefficient (Wildman–Crippen LogP) is 1.72. The molecule has 0 radical (unpaired) electrons. The summed E-state index contributed by atoms with van der Waals surface area (Å²) in [7, 11) is 0. The SMILES string of the molecule is Brc1c[se]c2[se]ccc12. The Morgan fingerprint density at radius 1 is 1.33 bits per heavy atom. The van der Waals surface area contributed by atoms with Crippen molar-refractivity contribution in [3.63, 3.8) is 0 Å². The summed E-state index contributed by atoms with van der Waals surface area (Å²) in [5.74, 6) is 0. The molecule has 2 heterocycles. The fraction of sp³-hybridized carbons (Fsp3) is 0. The summed E-state index contributed by atoms with van der Waals surface area (Å²) in [5.41, 5.74) is 0. The van der Waals surface area contributed by atoms with Gasteiger partial charge in [-0.3, -0.25) is 0 Å². The van der Waals surface area contributed by atoms with Crippen LogP contribution in [0, 0.1) is 0 Å². The molecule has 3 heteroatoms. The number of fused-ring (bicyclic) bond motifs is 1. The van der Waals surface area contributed by atoms with Crippen LogP contribution in [-0.4, -0.2) is 29.0 Å². The molecule has 0 spiro atoms. The van der Waals surface area contributed by atoms with Crippen molar-refractivity contribution in [3.05, 3.63) is 20.4 Å². The van der Waals surface area contributed by atoms with Gasteiger partial charge in [0, 0.05) is 0 Å². The molecule has 0 aliphatic heterocycles. The van der Waals surface area contributed by atoms with Crippen LogP contribution >= 0.6 is 15.9 Å². The van der Waals surface area contributed by atoms with E-state index in [0.29, 0.717) is 29.0 Å². The van der Waals surface area contributed by atoms with Gasteiger partial charge in [0.15, 0.2) is 0 Å². The molecule has 0 aliphatic carbocycles. The Bertz CT molecular complexity index is 320. The maximum absolute atomic E-state index is 3.52. The van der Waals surface area contributed by atoms with Crippen LogP contribution in [0.1, 0.15) is 0 Å². The first kappa shape index (κ1) is 6.45. The van der Waals surface area contributed by atoms with E-state index in [1.54, 1.807) is 3.13 Å². The van der Waals surface area contributed by atoms with Crippen LogP contribution in [-0.2, 0) is 0 Å². The monoisotopic (exact) mass is 314 g/mol. The molecule has 2 aromatic rings. The first-order valence-electron chi connectivity index (χ1n) is 2.48. The van der Waals surface area contributed by atoms with Crippen molar-refractivity contribution < 1.29 is 0 Å². The van der Waals surface area contributed by atoms with Crippen LogP contribution in [0.25, 0.3) is 8.52 Å². The van der Waals surface area contributed by atoms with Gasteiger partial charge in [0.2, 0.25) is 0 Å². The maximum atomic E-state index is 3.52. The van der Waals surface area contributed by atoms with Crippen molar-refractivity contribution in [2.45, 2.75) is 0 Å². The number of rotatable bonds is 0. The molecular formula is C6H3BrSe2. The molecule has 0 aromatic carbocycles. The van der Waals surface area contributed by atoms with Crippen molar-refractivity contribution in [2.24, 2.45) is 0 Å². The van der Waals surface area contributed by atoms with Gasteiger partial charge < -0.3 is 0 Å². The molecule has 2 aromatic heterocycles. The topological polar surface area (TPSA) is 0 Å². The van der Waals surface area contributed by atoms with Gasteiger partial charge in [-0.2, -0.15) is 0 Å². The zero-order valence-corrected chi connectivity index (χ0v) is 9.44. The quantitative estimate of drug-likeness (QED) is 0.650. The predicted molar refractivity (Wildman–Crippen MR) is 45.5 cm³/mol. The van der Waals surface area contributed by atoms with Gasteiger partial charge in [-0.1, -0.05) is 0 Å². The Balaban J connectivity index is 2.99. The van der Waals surface area contributed by atoms with Crippen LogP contribution in [0.15, 0.2) is 20.4 Å². The van der Waals surface area contributed by atoms with E-state index in [0.717, 1.165) is 0 Å². The average molecular weight is 313 g/mol. The van der Waals surface area contributed by atoms with Crippen LogP contribution in [0.2, 0.25) is 0 Å². The number of hydrogen-bond donors (Lipinski definition) is 0. The molecular weight excluding hydrogens is 310 g/mol. The van der Waals surface area contributed by atoms with Gasteiger partial charge in [0.05, 0.1) is 0 Å². The Hall–Kier alpha value is 0.739. The first-order valence-corrected chi connectivity index (χ1v) is 6.96. The fourth-order valence-corrected chi connectivity index (χ4v) is 6.67. The zero-order chi connectivity index (χ0) is 6.27. The minimum atomic E-state index is 0.678. The van der Waals surface area contributed by atoms with E-state index < -0.39 is 0 Å². The van der Waals surface area contributed by atoms with Crippen LogP contribution in [0.4, 0.5) is 0 Å². The molecule has 0 saturated carbocycles. The van der Waals surface area contributed by atoms with Gasteiger partial charge in [0.25, 0.3) is 0 Å². The summed E-state index contributed by atoms with van der Waals surface area (Å²) in [6, 6.07) is 2.24. The number of halogens is 1. The summed E-state index contributed by atoms with van der Waals surface area (Å²) in [6.45, 7) is 0. The molecule has 0 saturated heterocycles. The van der Waals surface area contributed by atoms with E-state index in [9.17, 15) is 0 Å². The van der Waals surface area contributed by atoms with E-state index in [2.05, 4.69) is 31.9 Å². The Morgan fingerprint density at radius 2 is 2.22 bits per heavy atom. The van der Waals surface area contributed by atoms with Gasteiger partial charge in [-0.05, 0) is 0 Å². The minimum absolute atomic E-state index is 0.678. The average Bonchev–Trinajstić information content (AvgIpc) is 2.35. The van der Waals surface area contributed by atoms with Crippen molar-refractivity contribution in [2.75, 3.05) is 0 Å². The van der Waals surface area contributed by atoms with Crippen LogP contribution in [0.5, 0.6) is 0 Å². The Kier molecular flexibility index (Phi) is 1.73. The van der Waals surface area contributed by atoms with Crippen molar-refractivity contribution >= 4 is 53.5 Å². The van der Waals surface area contributed by atoms with E-state index in [1.807, 2.05) is 0 Å². The zero-order valence-electron chi connectivity index (χ0n) is 4.43. The first-order chi connectivity index (χ1) is 4.38. The second kappa shape index (κ2) is 2.41. The van der Waals surface area contributed by atoms with Crippen LogP contribution in [0.3, 0.4) is 0 Å². The van der Waals surface area contributed by atoms with Gasteiger partial charge in [0.1, 0.15) is 0 Å². The van der Waals surface area contributed by atoms with E-state index in [-0.39, 0.29) is 0 Å². The van der Waals surface area contributed by atoms with E-state index >= 15 is 0 Å². The molecule has 9 heavy (non-hydrogen) atoms. The second-order valence-corrected chi connectivity index (χ2v) is 7.64. The number of hydrogen-bond acceptors (Lipinski definition) is 0. The van der Waals surface area contributed by atoms with Gasteiger partial charge in [-0.25, -0.2) is 0 Å². The molecule has 2 rings (SSSR count). The fourth-order valence-electron chi connectivity index (χ4n) is 0.732. The van der Waals surface area contributed by atoms with Crippen molar-refractivity contribution in [1.29, 1.82) is 0 Å². The van der Waals surface area contributed by atoms with E-state index in [1.165, 1.54) is 9.86 Å². The summed E-state index contributed by atoms with van der Waals surface area (Å²) in [5, 5.41) is 1.48. The molecule has 0 N–H and O–H groups in total. The molecule has 0 atom stereocenters. The molecule has 0 amide bonds. The molecule has 46 valence electrons. The van der Waals surface area contributed by atoms with Crippen molar-refractivity contribution in [1.82, 2.24) is 0 Å². The summed E-state index contributed by atoms with van der Waals surface area (Å²) < 4.78 is 3.02. The van der Waals surface area contributed by atoms with Crippen LogP contribution < -0.4 is 0 Å². The molecule has 0 bridgehead atoms. The normalized spacial score (nSPS) is 10.8. The Morgan fingerprint density at radius 3 is 3.00 bits per heavy atom. The molecule has 0 aliphatic rings. The third kappa shape index (κ3) is 1.02.